The van der Waals surface area contributed by atoms with E-state index in [0.29, 0.717) is 35.1 Å². The van der Waals surface area contributed by atoms with E-state index >= 15 is 0 Å². The quantitative estimate of drug-likeness (QED) is 0.344. The summed E-state index contributed by atoms with van der Waals surface area (Å²) in [6, 6.07) is 10.1. The third kappa shape index (κ3) is 4.33. The molecule has 30 heavy (non-hydrogen) atoms. The standard InChI is InChI=1S/C22H25ClN4O2S/c1-14-12-19(15(2)27(14)18-8-9-18)20(28)13-30-22-25-24-21(26(22)10-11-29-3)16-4-6-17(23)7-5-16/h4-7,12,18H,8-11,13H2,1-3H3. The van der Waals surface area contributed by atoms with Crippen LogP contribution in [0.5, 0.6) is 0 Å². The van der Waals surface area contributed by atoms with Crippen molar-refractivity contribution in [1.82, 2.24) is 19.3 Å². The summed E-state index contributed by atoms with van der Waals surface area (Å²) in [5, 5.41) is 10.1. The largest absolute Gasteiger partial charge is 0.383 e. The maximum absolute atomic E-state index is 13.0. The summed E-state index contributed by atoms with van der Waals surface area (Å²) in [6.45, 7) is 5.26. The van der Waals surface area contributed by atoms with E-state index in [0.717, 1.165) is 28.3 Å². The molecule has 1 aliphatic rings. The Kier molecular flexibility index (Phi) is 6.32. The summed E-state index contributed by atoms with van der Waals surface area (Å²) in [5.41, 5.74) is 3.97. The first-order valence-corrected chi connectivity index (χ1v) is 11.4. The number of aromatic nitrogens is 4. The van der Waals surface area contributed by atoms with Crippen LogP contribution in [0.15, 0.2) is 35.5 Å². The first-order chi connectivity index (χ1) is 14.5. The Labute approximate surface area is 185 Å². The minimum Gasteiger partial charge on any atom is -0.383 e. The molecular weight excluding hydrogens is 420 g/mol. The molecule has 0 aliphatic heterocycles. The number of ketones is 1. The molecule has 1 aliphatic carbocycles. The van der Waals surface area contributed by atoms with Gasteiger partial charge in [-0.3, -0.25) is 9.36 Å². The lowest BCUT2D eigenvalue weighted by Gasteiger charge is -2.10. The number of carbonyl (C=O) groups is 1. The van der Waals surface area contributed by atoms with Crippen molar-refractivity contribution in [1.29, 1.82) is 0 Å². The zero-order valence-corrected chi connectivity index (χ0v) is 19.0. The topological polar surface area (TPSA) is 61.9 Å². The van der Waals surface area contributed by atoms with Crippen LogP contribution in [0.4, 0.5) is 0 Å². The molecule has 1 fully saturated rings. The number of hydrogen-bond donors (Lipinski definition) is 0. The van der Waals surface area contributed by atoms with Gasteiger partial charge in [0.1, 0.15) is 0 Å². The Bertz CT molecular complexity index is 1050. The van der Waals surface area contributed by atoms with E-state index < -0.39 is 0 Å². The summed E-state index contributed by atoms with van der Waals surface area (Å²) < 4.78 is 9.56. The van der Waals surface area contributed by atoms with E-state index in [-0.39, 0.29) is 5.78 Å². The molecule has 0 radical (unpaired) electrons. The van der Waals surface area contributed by atoms with Crippen molar-refractivity contribution in [2.45, 2.75) is 44.4 Å². The summed E-state index contributed by atoms with van der Waals surface area (Å²) in [4.78, 5) is 13.0. The predicted molar refractivity (Wildman–Crippen MR) is 120 cm³/mol. The van der Waals surface area contributed by atoms with Crippen LogP contribution in [0.3, 0.4) is 0 Å². The van der Waals surface area contributed by atoms with Gasteiger partial charge in [0.25, 0.3) is 0 Å². The van der Waals surface area contributed by atoms with E-state index in [9.17, 15) is 4.79 Å². The second-order valence-electron chi connectivity index (χ2n) is 7.56. The summed E-state index contributed by atoms with van der Waals surface area (Å²) >= 11 is 7.43. The van der Waals surface area contributed by atoms with Crippen LogP contribution in [0.25, 0.3) is 11.4 Å². The molecule has 2 heterocycles. The minimum atomic E-state index is 0.120. The lowest BCUT2D eigenvalue weighted by Crippen LogP contribution is -2.10. The predicted octanol–water partition coefficient (Wildman–Crippen LogP) is 4.97. The fourth-order valence-corrected chi connectivity index (χ4v) is 4.73. The van der Waals surface area contributed by atoms with Crippen molar-refractivity contribution in [2.24, 2.45) is 0 Å². The summed E-state index contributed by atoms with van der Waals surface area (Å²) in [6.07, 6.45) is 2.41. The Balaban J connectivity index is 1.53. The first kappa shape index (κ1) is 21.2. The second kappa shape index (κ2) is 8.96. The smallest absolute Gasteiger partial charge is 0.192 e. The number of ether oxygens (including phenoxy) is 1. The maximum atomic E-state index is 13.0. The summed E-state index contributed by atoms with van der Waals surface area (Å²) in [5.74, 6) is 1.18. The molecule has 1 aromatic carbocycles. The van der Waals surface area contributed by atoms with Crippen LogP contribution < -0.4 is 0 Å². The van der Waals surface area contributed by atoms with Crippen molar-refractivity contribution in [3.8, 4) is 11.4 Å². The van der Waals surface area contributed by atoms with Gasteiger partial charge in [0.2, 0.25) is 0 Å². The van der Waals surface area contributed by atoms with Gasteiger partial charge in [0.05, 0.1) is 18.9 Å². The van der Waals surface area contributed by atoms with Gasteiger partial charge in [-0.25, -0.2) is 0 Å². The number of aryl methyl sites for hydroxylation is 1. The van der Waals surface area contributed by atoms with Gasteiger partial charge in [-0.1, -0.05) is 23.4 Å². The Morgan fingerprint density at radius 3 is 2.63 bits per heavy atom. The van der Waals surface area contributed by atoms with Crippen molar-refractivity contribution in [2.75, 3.05) is 19.5 Å². The van der Waals surface area contributed by atoms with Gasteiger partial charge in [0.15, 0.2) is 16.8 Å². The number of benzene rings is 1. The average Bonchev–Trinajstić information content (AvgIpc) is 3.41. The highest BCUT2D eigenvalue weighted by Crippen LogP contribution is 2.38. The number of rotatable bonds is 9. The molecule has 1 saturated carbocycles. The summed E-state index contributed by atoms with van der Waals surface area (Å²) in [7, 11) is 1.66. The molecule has 8 heteroatoms. The zero-order chi connectivity index (χ0) is 21.3. The molecule has 0 N–H and O–H groups in total. The lowest BCUT2D eigenvalue weighted by molar-refractivity contribution is 0.102. The average molecular weight is 445 g/mol. The van der Waals surface area contributed by atoms with E-state index in [4.69, 9.17) is 16.3 Å². The van der Waals surface area contributed by atoms with Crippen LogP contribution in [0.1, 0.15) is 40.6 Å². The molecule has 158 valence electrons. The number of thioether (sulfide) groups is 1. The van der Waals surface area contributed by atoms with Gasteiger partial charge < -0.3 is 9.30 Å². The number of nitrogens with zero attached hydrogens (tertiary/aromatic N) is 4. The molecule has 0 unspecified atom stereocenters. The molecule has 6 nitrogen and oxygen atoms in total. The van der Waals surface area contributed by atoms with Crippen molar-refractivity contribution in [3.63, 3.8) is 0 Å². The molecule has 2 aromatic heterocycles. The third-order valence-electron chi connectivity index (χ3n) is 5.37. The first-order valence-electron chi connectivity index (χ1n) is 10.0. The highest BCUT2D eigenvalue weighted by atomic mass is 35.5. The highest BCUT2D eigenvalue weighted by Gasteiger charge is 2.28. The van der Waals surface area contributed by atoms with Crippen LogP contribution in [0, 0.1) is 13.8 Å². The van der Waals surface area contributed by atoms with E-state index in [2.05, 4.69) is 21.7 Å². The molecular formula is C22H25ClN4O2S. The monoisotopic (exact) mass is 444 g/mol. The van der Waals surface area contributed by atoms with E-state index in [1.165, 1.54) is 24.6 Å². The van der Waals surface area contributed by atoms with Gasteiger partial charge in [-0.2, -0.15) is 0 Å². The fourth-order valence-electron chi connectivity index (χ4n) is 3.75. The number of Topliss-reactive ketones (excluding diaryl/α,β-unsaturated/α-hetero) is 1. The fraction of sp³-hybridized carbons (Fsp3) is 0.409. The Hall–Kier alpha value is -2.09. The molecule has 0 saturated heterocycles. The van der Waals surface area contributed by atoms with Crippen molar-refractivity contribution < 1.29 is 9.53 Å². The third-order valence-corrected chi connectivity index (χ3v) is 6.59. The number of hydrogen-bond acceptors (Lipinski definition) is 5. The maximum Gasteiger partial charge on any atom is 0.192 e. The number of methoxy groups -OCH3 is 1. The molecule has 0 bridgehead atoms. The molecule has 4 rings (SSSR count). The van der Waals surface area contributed by atoms with Crippen LogP contribution in [-0.4, -0.2) is 44.6 Å². The number of halogens is 1. The molecule has 0 spiro atoms. The SMILES string of the molecule is COCCn1c(SCC(=O)c2cc(C)n(C3CC3)c2C)nnc1-c1ccc(Cl)cc1. The molecule has 0 atom stereocenters. The van der Waals surface area contributed by atoms with E-state index in [1.54, 1.807) is 7.11 Å². The van der Waals surface area contributed by atoms with Crippen LogP contribution in [0.2, 0.25) is 5.02 Å². The van der Waals surface area contributed by atoms with Gasteiger partial charge in [-0.15, -0.1) is 10.2 Å². The molecule has 3 aromatic rings. The second-order valence-corrected chi connectivity index (χ2v) is 8.93. The van der Waals surface area contributed by atoms with E-state index in [1.807, 2.05) is 41.8 Å². The lowest BCUT2D eigenvalue weighted by atomic mass is 10.2. The Morgan fingerprint density at radius 2 is 1.97 bits per heavy atom. The Morgan fingerprint density at radius 1 is 1.23 bits per heavy atom. The normalized spacial score (nSPS) is 13.7. The number of carbonyl (C=O) groups excluding carboxylic acids is 1. The van der Waals surface area contributed by atoms with Crippen LogP contribution in [-0.2, 0) is 11.3 Å². The van der Waals surface area contributed by atoms with Gasteiger partial charge >= 0.3 is 0 Å². The van der Waals surface area contributed by atoms with Crippen molar-refractivity contribution >= 4 is 29.1 Å². The molecule has 0 amide bonds. The minimum absolute atomic E-state index is 0.120. The zero-order valence-electron chi connectivity index (χ0n) is 17.4. The van der Waals surface area contributed by atoms with Gasteiger partial charge in [0, 0.05) is 40.7 Å². The highest BCUT2D eigenvalue weighted by molar-refractivity contribution is 7.99. The van der Waals surface area contributed by atoms with Crippen LogP contribution >= 0.6 is 23.4 Å². The van der Waals surface area contributed by atoms with Gasteiger partial charge in [-0.05, 0) is 57.0 Å². The van der Waals surface area contributed by atoms with Crippen molar-refractivity contribution in [3.05, 3.63) is 52.3 Å².